The van der Waals surface area contributed by atoms with Gasteiger partial charge in [-0.25, -0.2) is 4.79 Å². The molecule has 0 saturated heterocycles. The summed E-state index contributed by atoms with van der Waals surface area (Å²) in [4.78, 5) is 40.2. The van der Waals surface area contributed by atoms with Crippen molar-refractivity contribution in [2.75, 3.05) is 19.0 Å². The Bertz CT molecular complexity index is 1030. The van der Waals surface area contributed by atoms with Gasteiger partial charge in [0.15, 0.2) is 0 Å². The van der Waals surface area contributed by atoms with E-state index in [2.05, 4.69) is 10.6 Å². The second-order valence-electron chi connectivity index (χ2n) is 9.01. The second kappa shape index (κ2) is 11.4. The first kappa shape index (κ1) is 27.1. The quantitative estimate of drug-likeness (QED) is 0.545. The van der Waals surface area contributed by atoms with Gasteiger partial charge in [0.05, 0.1) is 17.3 Å². The van der Waals surface area contributed by atoms with Crippen LogP contribution >= 0.6 is 11.6 Å². The number of ether oxygens (including phenoxy) is 1. The molecule has 8 nitrogen and oxygen atoms in total. The maximum Gasteiger partial charge on any atom is 0.408 e. The third-order valence-electron chi connectivity index (χ3n) is 5.11. The van der Waals surface area contributed by atoms with Crippen molar-refractivity contribution in [3.63, 3.8) is 0 Å². The lowest BCUT2D eigenvalue weighted by Crippen LogP contribution is -2.52. The molecule has 0 spiro atoms. The minimum atomic E-state index is -1.30. The fourth-order valence-corrected chi connectivity index (χ4v) is 3.68. The smallest absolute Gasteiger partial charge is 0.408 e. The first-order valence-electron chi connectivity index (χ1n) is 10.8. The number of nitrogens with one attached hydrogen (secondary N) is 2. The summed E-state index contributed by atoms with van der Waals surface area (Å²) in [6.07, 6.45) is -0.850. The summed E-state index contributed by atoms with van der Waals surface area (Å²) < 4.78 is 5.19. The maximum atomic E-state index is 13.5. The summed E-state index contributed by atoms with van der Waals surface area (Å²) in [6.45, 7) is 8.02. The highest BCUT2D eigenvalue weighted by Crippen LogP contribution is 2.29. The molecule has 2 atom stereocenters. The van der Waals surface area contributed by atoms with E-state index in [-0.39, 0.29) is 0 Å². The van der Waals surface area contributed by atoms with Crippen molar-refractivity contribution in [3.05, 3.63) is 64.2 Å². The number of aliphatic hydroxyl groups excluding tert-OH is 1. The molecule has 2 rings (SSSR count). The van der Waals surface area contributed by atoms with Crippen LogP contribution in [0.15, 0.2) is 42.5 Å². The lowest BCUT2D eigenvalue weighted by atomic mass is 9.98. The van der Waals surface area contributed by atoms with E-state index in [1.807, 2.05) is 32.0 Å². The largest absolute Gasteiger partial charge is 0.444 e. The zero-order chi connectivity index (χ0) is 25.6. The molecule has 0 aromatic heterocycles. The standard InChI is InChI=1S/C25H32ClN3O5/c1-15-10-7-8-12-17(15)21(22(31)28-20-16(2)11-9-13-18(20)26)29(6)23(32)19(14-30)27-24(33)34-25(3,4)5/h7-13,19,21,30H,14H2,1-6H3,(H,27,33)(H,28,31). The summed E-state index contributed by atoms with van der Waals surface area (Å²) in [7, 11) is 1.44. The molecular weight excluding hydrogens is 458 g/mol. The van der Waals surface area contributed by atoms with E-state index in [0.29, 0.717) is 16.3 Å². The summed E-state index contributed by atoms with van der Waals surface area (Å²) in [5, 5.41) is 15.4. The van der Waals surface area contributed by atoms with Crippen LogP contribution in [0.5, 0.6) is 0 Å². The van der Waals surface area contributed by atoms with E-state index in [0.717, 1.165) is 11.1 Å². The number of halogens is 1. The average molecular weight is 490 g/mol. The molecule has 0 radical (unpaired) electrons. The van der Waals surface area contributed by atoms with Crippen LogP contribution in [-0.2, 0) is 14.3 Å². The van der Waals surface area contributed by atoms with E-state index in [4.69, 9.17) is 16.3 Å². The van der Waals surface area contributed by atoms with Crippen molar-refractivity contribution < 1.29 is 24.2 Å². The van der Waals surface area contributed by atoms with Crippen LogP contribution in [0.4, 0.5) is 10.5 Å². The number of nitrogens with zero attached hydrogens (tertiary/aromatic N) is 1. The molecule has 184 valence electrons. The Labute approximate surface area is 205 Å². The van der Waals surface area contributed by atoms with Crippen LogP contribution in [-0.4, -0.2) is 53.2 Å². The molecule has 0 aliphatic rings. The predicted octanol–water partition coefficient (Wildman–Crippen LogP) is 3.98. The molecule has 0 aliphatic carbocycles. The van der Waals surface area contributed by atoms with E-state index in [9.17, 15) is 19.5 Å². The van der Waals surface area contributed by atoms with Gasteiger partial charge in [-0.15, -0.1) is 0 Å². The number of hydrogen-bond donors (Lipinski definition) is 3. The Morgan fingerprint density at radius 1 is 1.06 bits per heavy atom. The molecule has 34 heavy (non-hydrogen) atoms. The highest BCUT2D eigenvalue weighted by molar-refractivity contribution is 6.34. The molecule has 0 saturated carbocycles. The third kappa shape index (κ3) is 6.95. The number of likely N-dealkylation sites (N-methyl/N-ethyl adjacent to an activating group) is 1. The minimum absolute atomic E-state index is 0.366. The van der Waals surface area contributed by atoms with Crippen molar-refractivity contribution in [1.82, 2.24) is 10.2 Å². The molecule has 0 fully saturated rings. The summed E-state index contributed by atoms with van der Waals surface area (Å²) in [5.41, 5.74) is 1.81. The van der Waals surface area contributed by atoms with Gasteiger partial charge in [-0.1, -0.05) is 48.0 Å². The number of alkyl carbamates (subject to hydrolysis) is 1. The van der Waals surface area contributed by atoms with Crippen LogP contribution in [0.25, 0.3) is 0 Å². The van der Waals surface area contributed by atoms with E-state index < -0.39 is 42.2 Å². The topological polar surface area (TPSA) is 108 Å². The fourth-order valence-electron chi connectivity index (χ4n) is 3.41. The number of hydrogen-bond acceptors (Lipinski definition) is 5. The maximum absolute atomic E-state index is 13.5. The summed E-state index contributed by atoms with van der Waals surface area (Å²) in [5.74, 6) is -1.15. The minimum Gasteiger partial charge on any atom is -0.444 e. The molecule has 9 heteroatoms. The van der Waals surface area contributed by atoms with E-state index in [1.54, 1.807) is 45.0 Å². The molecule has 2 aromatic rings. The zero-order valence-electron chi connectivity index (χ0n) is 20.3. The lowest BCUT2D eigenvalue weighted by Gasteiger charge is -2.32. The summed E-state index contributed by atoms with van der Waals surface area (Å²) >= 11 is 6.29. The van der Waals surface area contributed by atoms with Crippen molar-refractivity contribution in [3.8, 4) is 0 Å². The van der Waals surface area contributed by atoms with Gasteiger partial charge in [-0.05, 0) is 57.4 Å². The Kier molecular flexibility index (Phi) is 9.06. The van der Waals surface area contributed by atoms with Gasteiger partial charge < -0.3 is 25.4 Å². The molecule has 0 bridgehead atoms. The Morgan fingerprint density at radius 3 is 2.24 bits per heavy atom. The Morgan fingerprint density at radius 2 is 1.68 bits per heavy atom. The monoisotopic (exact) mass is 489 g/mol. The number of carbonyl (C=O) groups is 3. The fraction of sp³-hybridized carbons (Fsp3) is 0.400. The molecular formula is C25H32ClN3O5. The van der Waals surface area contributed by atoms with Crippen LogP contribution in [0, 0.1) is 13.8 Å². The second-order valence-corrected chi connectivity index (χ2v) is 9.42. The first-order valence-corrected chi connectivity index (χ1v) is 11.2. The van der Waals surface area contributed by atoms with Crippen LogP contribution in [0.2, 0.25) is 5.02 Å². The van der Waals surface area contributed by atoms with Gasteiger partial charge in [0.25, 0.3) is 5.91 Å². The molecule has 2 unspecified atom stereocenters. The highest BCUT2D eigenvalue weighted by Gasteiger charge is 2.34. The average Bonchev–Trinajstić information content (AvgIpc) is 2.74. The number of rotatable bonds is 7. The van der Waals surface area contributed by atoms with Crippen LogP contribution < -0.4 is 10.6 Å². The van der Waals surface area contributed by atoms with Crippen molar-refractivity contribution >= 4 is 35.2 Å². The lowest BCUT2D eigenvalue weighted by molar-refractivity contribution is -0.139. The third-order valence-corrected chi connectivity index (χ3v) is 5.42. The highest BCUT2D eigenvalue weighted by atomic mass is 35.5. The Balaban J connectivity index is 2.38. The Hall–Kier alpha value is -3.10. The predicted molar refractivity (Wildman–Crippen MR) is 132 cm³/mol. The zero-order valence-corrected chi connectivity index (χ0v) is 21.1. The molecule has 2 aromatic carbocycles. The van der Waals surface area contributed by atoms with Gasteiger partial charge in [0.1, 0.15) is 17.7 Å². The first-order chi connectivity index (χ1) is 15.9. The van der Waals surface area contributed by atoms with Crippen molar-refractivity contribution in [2.45, 2.75) is 52.3 Å². The number of aliphatic hydroxyl groups is 1. The van der Waals surface area contributed by atoms with Crippen molar-refractivity contribution in [1.29, 1.82) is 0 Å². The number of carbonyl (C=O) groups excluding carboxylic acids is 3. The molecule has 0 aliphatic heterocycles. The molecule has 3 N–H and O–H groups in total. The van der Waals surface area contributed by atoms with Gasteiger partial charge in [0.2, 0.25) is 5.91 Å². The number of amides is 3. The van der Waals surface area contributed by atoms with Crippen LogP contribution in [0.3, 0.4) is 0 Å². The van der Waals surface area contributed by atoms with Gasteiger partial charge >= 0.3 is 6.09 Å². The summed E-state index contributed by atoms with van der Waals surface area (Å²) in [6, 6.07) is 10.1. The normalized spacial score (nSPS) is 12.9. The SMILES string of the molecule is Cc1ccccc1C(C(=O)Nc1c(C)cccc1Cl)N(C)C(=O)C(CO)NC(=O)OC(C)(C)C. The van der Waals surface area contributed by atoms with E-state index >= 15 is 0 Å². The number of para-hydroxylation sites is 1. The number of anilines is 1. The van der Waals surface area contributed by atoms with E-state index in [1.165, 1.54) is 11.9 Å². The number of aryl methyl sites for hydroxylation is 2. The molecule has 0 heterocycles. The molecule has 3 amide bonds. The number of benzene rings is 2. The van der Waals surface area contributed by atoms with Crippen molar-refractivity contribution in [2.24, 2.45) is 0 Å². The van der Waals surface area contributed by atoms with Gasteiger partial charge in [-0.3, -0.25) is 9.59 Å². The van der Waals surface area contributed by atoms with Crippen LogP contribution in [0.1, 0.15) is 43.5 Å². The van der Waals surface area contributed by atoms with Gasteiger partial charge in [-0.2, -0.15) is 0 Å². The van der Waals surface area contributed by atoms with Gasteiger partial charge in [0, 0.05) is 7.05 Å².